The molecule has 1 aromatic carbocycles. The van der Waals surface area contributed by atoms with E-state index in [0.717, 1.165) is 10.0 Å². The summed E-state index contributed by atoms with van der Waals surface area (Å²) in [4.78, 5) is 0.273. The number of benzene rings is 1. The standard InChI is InChI=1S/C12H16BrClO2S/c1-8-10(13)5-9(6-11(8)14)17(15,16)7-12(2,3)4/h5-6H,7H2,1-4H3. The molecule has 0 aromatic heterocycles. The van der Waals surface area contributed by atoms with E-state index in [4.69, 9.17) is 11.6 Å². The summed E-state index contributed by atoms with van der Waals surface area (Å²) >= 11 is 9.32. The molecule has 0 aliphatic heterocycles. The molecule has 0 unspecified atom stereocenters. The van der Waals surface area contributed by atoms with Crippen molar-refractivity contribution in [2.75, 3.05) is 5.75 Å². The van der Waals surface area contributed by atoms with Crippen LogP contribution in [0.2, 0.25) is 5.02 Å². The van der Waals surface area contributed by atoms with Gasteiger partial charge >= 0.3 is 0 Å². The third-order valence-electron chi connectivity index (χ3n) is 2.24. The van der Waals surface area contributed by atoms with Crippen LogP contribution >= 0.6 is 27.5 Å². The number of halogens is 2. The van der Waals surface area contributed by atoms with E-state index < -0.39 is 9.84 Å². The van der Waals surface area contributed by atoms with Crippen molar-refractivity contribution in [3.8, 4) is 0 Å². The van der Waals surface area contributed by atoms with Gasteiger partial charge in [0.15, 0.2) is 9.84 Å². The van der Waals surface area contributed by atoms with Gasteiger partial charge in [-0.15, -0.1) is 0 Å². The summed E-state index contributed by atoms with van der Waals surface area (Å²) in [6.45, 7) is 7.53. The highest BCUT2D eigenvalue weighted by atomic mass is 79.9. The molecule has 5 heteroatoms. The summed E-state index contributed by atoms with van der Waals surface area (Å²) in [6, 6.07) is 3.13. The molecule has 0 aliphatic rings. The maximum absolute atomic E-state index is 12.2. The fraction of sp³-hybridized carbons (Fsp3) is 0.500. The fourth-order valence-corrected chi connectivity index (χ4v) is 4.37. The van der Waals surface area contributed by atoms with Gasteiger partial charge in [-0.25, -0.2) is 8.42 Å². The lowest BCUT2D eigenvalue weighted by molar-refractivity contribution is 0.461. The Labute approximate surface area is 116 Å². The molecule has 0 N–H and O–H groups in total. The van der Waals surface area contributed by atoms with E-state index in [2.05, 4.69) is 15.9 Å². The molecule has 96 valence electrons. The summed E-state index contributed by atoms with van der Waals surface area (Å²) in [5.41, 5.74) is 0.573. The normalized spacial score (nSPS) is 12.8. The van der Waals surface area contributed by atoms with Crippen LogP contribution in [0.5, 0.6) is 0 Å². The number of hydrogen-bond donors (Lipinski definition) is 0. The lowest BCUT2D eigenvalue weighted by atomic mass is 10.0. The van der Waals surface area contributed by atoms with Gasteiger partial charge in [0.05, 0.1) is 10.6 Å². The first-order chi connectivity index (χ1) is 7.53. The molecule has 0 spiro atoms. The molecule has 0 saturated carbocycles. The van der Waals surface area contributed by atoms with Crippen LogP contribution in [0.25, 0.3) is 0 Å². The smallest absolute Gasteiger partial charge is 0.178 e. The lowest BCUT2D eigenvalue weighted by Crippen LogP contribution is -2.20. The summed E-state index contributed by atoms with van der Waals surface area (Å²) in [6.07, 6.45) is 0. The van der Waals surface area contributed by atoms with E-state index in [9.17, 15) is 8.42 Å². The van der Waals surface area contributed by atoms with E-state index >= 15 is 0 Å². The van der Waals surface area contributed by atoms with Gasteiger partial charge < -0.3 is 0 Å². The Morgan fingerprint density at radius 1 is 1.29 bits per heavy atom. The van der Waals surface area contributed by atoms with Crippen molar-refractivity contribution in [3.05, 3.63) is 27.2 Å². The number of rotatable bonds is 2. The maximum Gasteiger partial charge on any atom is 0.178 e. The minimum atomic E-state index is -3.29. The number of hydrogen-bond acceptors (Lipinski definition) is 2. The summed E-state index contributed by atoms with van der Waals surface area (Å²) in [7, 11) is -3.29. The molecule has 2 nitrogen and oxygen atoms in total. The van der Waals surface area contributed by atoms with Crippen LogP contribution in [0.1, 0.15) is 26.3 Å². The summed E-state index contributed by atoms with van der Waals surface area (Å²) < 4.78 is 25.1. The molecule has 0 atom stereocenters. The zero-order chi connectivity index (χ0) is 13.4. The minimum absolute atomic E-state index is 0.103. The maximum atomic E-state index is 12.2. The highest BCUT2D eigenvalue weighted by Gasteiger charge is 2.24. The first kappa shape index (κ1) is 15.0. The van der Waals surface area contributed by atoms with Gasteiger partial charge in [0.25, 0.3) is 0 Å². The average Bonchev–Trinajstić information content (AvgIpc) is 2.09. The minimum Gasteiger partial charge on any atom is -0.224 e. The van der Waals surface area contributed by atoms with Gasteiger partial charge in [0.2, 0.25) is 0 Å². The Hall–Kier alpha value is -0.0600. The third kappa shape index (κ3) is 3.97. The average molecular weight is 340 g/mol. The highest BCUT2D eigenvalue weighted by molar-refractivity contribution is 9.10. The van der Waals surface area contributed by atoms with Gasteiger partial charge in [-0.3, -0.25) is 0 Å². The Balaban J connectivity index is 3.26. The van der Waals surface area contributed by atoms with Crippen LogP contribution in [0.3, 0.4) is 0 Å². The molecule has 0 heterocycles. The third-order valence-corrected chi connectivity index (χ3v) is 5.65. The predicted octanol–water partition coefficient (Wildman–Crippen LogP) is 4.23. The SMILES string of the molecule is Cc1c(Cl)cc(S(=O)(=O)CC(C)(C)C)cc1Br. The van der Waals surface area contributed by atoms with Crippen LogP contribution in [0.15, 0.2) is 21.5 Å². The van der Waals surface area contributed by atoms with Crippen molar-refractivity contribution in [2.45, 2.75) is 32.6 Å². The van der Waals surface area contributed by atoms with Crippen LogP contribution in [0.4, 0.5) is 0 Å². The molecule has 0 bridgehead atoms. The van der Waals surface area contributed by atoms with Crippen molar-refractivity contribution in [3.63, 3.8) is 0 Å². The lowest BCUT2D eigenvalue weighted by Gasteiger charge is -2.18. The zero-order valence-corrected chi connectivity index (χ0v) is 13.5. The van der Waals surface area contributed by atoms with E-state index in [-0.39, 0.29) is 16.1 Å². The largest absolute Gasteiger partial charge is 0.224 e. The molecule has 1 aromatic rings. The van der Waals surface area contributed by atoms with E-state index in [0.29, 0.717) is 5.02 Å². The van der Waals surface area contributed by atoms with Crippen molar-refractivity contribution >= 4 is 37.4 Å². The van der Waals surface area contributed by atoms with Crippen molar-refractivity contribution in [1.82, 2.24) is 0 Å². The first-order valence-electron chi connectivity index (χ1n) is 5.21. The van der Waals surface area contributed by atoms with E-state index in [1.165, 1.54) is 6.07 Å². The topological polar surface area (TPSA) is 34.1 Å². The molecule has 1 rings (SSSR count). The second-order valence-electron chi connectivity index (χ2n) is 5.33. The highest BCUT2D eigenvalue weighted by Crippen LogP contribution is 2.30. The van der Waals surface area contributed by atoms with E-state index in [1.807, 2.05) is 27.7 Å². The molecule has 0 amide bonds. The van der Waals surface area contributed by atoms with Gasteiger partial charge in [-0.2, -0.15) is 0 Å². The second kappa shape index (κ2) is 4.90. The molecular formula is C12H16BrClO2S. The van der Waals surface area contributed by atoms with E-state index in [1.54, 1.807) is 6.07 Å². The zero-order valence-electron chi connectivity index (χ0n) is 10.3. The van der Waals surface area contributed by atoms with Crippen LogP contribution in [-0.4, -0.2) is 14.2 Å². The van der Waals surface area contributed by atoms with Gasteiger partial charge in [-0.1, -0.05) is 48.3 Å². The second-order valence-corrected chi connectivity index (χ2v) is 8.58. The van der Waals surface area contributed by atoms with Crippen LogP contribution in [-0.2, 0) is 9.84 Å². The van der Waals surface area contributed by atoms with Crippen molar-refractivity contribution in [1.29, 1.82) is 0 Å². The quantitative estimate of drug-likeness (QED) is 0.808. The van der Waals surface area contributed by atoms with Crippen LogP contribution in [0, 0.1) is 12.3 Å². The van der Waals surface area contributed by atoms with Gasteiger partial charge in [0.1, 0.15) is 0 Å². The molecular weight excluding hydrogens is 324 g/mol. The Bertz CT molecular complexity index is 507. The Kier molecular flexibility index (Phi) is 4.33. The first-order valence-corrected chi connectivity index (χ1v) is 8.04. The predicted molar refractivity (Wildman–Crippen MR) is 75.4 cm³/mol. The van der Waals surface area contributed by atoms with Gasteiger partial charge in [0, 0.05) is 9.50 Å². The molecule has 0 radical (unpaired) electrons. The molecule has 0 saturated heterocycles. The van der Waals surface area contributed by atoms with Crippen molar-refractivity contribution in [2.24, 2.45) is 5.41 Å². The van der Waals surface area contributed by atoms with Gasteiger partial charge in [-0.05, 0) is 30.0 Å². The fourth-order valence-electron chi connectivity index (χ4n) is 1.45. The molecule has 0 fully saturated rings. The number of sulfone groups is 1. The molecule has 17 heavy (non-hydrogen) atoms. The molecule has 0 aliphatic carbocycles. The monoisotopic (exact) mass is 338 g/mol. The van der Waals surface area contributed by atoms with Crippen LogP contribution < -0.4 is 0 Å². The summed E-state index contributed by atoms with van der Waals surface area (Å²) in [5.74, 6) is 0.103. The van der Waals surface area contributed by atoms with Crippen molar-refractivity contribution < 1.29 is 8.42 Å². The Morgan fingerprint density at radius 3 is 2.24 bits per heavy atom. The Morgan fingerprint density at radius 2 is 1.82 bits per heavy atom. The summed E-state index contributed by atoms with van der Waals surface area (Å²) in [5, 5.41) is 0.465.